The van der Waals surface area contributed by atoms with Gasteiger partial charge in [0.15, 0.2) is 0 Å². The van der Waals surface area contributed by atoms with Crippen LogP contribution in [0.3, 0.4) is 0 Å². The SMILES string of the molecule is CC1CN(c2nc(=O)n3c4c(c(Cl)c(C(F)(F)F)cc24)SC[C@H](c2ccncc2F)C3)CC(C)N1C(=O)OC(C)(C)C. The number of carbonyl (C=O) groups is 1. The molecular formula is C28H30ClF4N5O3S. The number of anilines is 1. The second-order valence-electron chi connectivity index (χ2n) is 11.7. The van der Waals surface area contributed by atoms with Crippen LogP contribution in [0.2, 0.25) is 5.02 Å². The standard InChI is InChI=1S/C28H30ClF4N5O3S/c1-14-10-36(11-15(2)38(14)26(40)41-27(3,4)5)24-18-8-19(28(31,32)33)21(29)23-22(18)37(25(39)35-24)12-16(13-42-23)17-6-7-34-9-20(17)30/h6-9,14-16H,10-13H2,1-5H3/t14?,15?,16-/m1/s1. The van der Waals surface area contributed by atoms with Crippen molar-refractivity contribution < 1.29 is 27.1 Å². The number of thioether (sulfide) groups is 1. The van der Waals surface area contributed by atoms with Crippen LogP contribution in [0.4, 0.5) is 28.2 Å². The van der Waals surface area contributed by atoms with E-state index in [-0.39, 0.29) is 47.0 Å². The lowest BCUT2D eigenvalue weighted by Crippen LogP contribution is -2.59. The zero-order valence-electron chi connectivity index (χ0n) is 23.6. The van der Waals surface area contributed by atoms with Crippen LogP contribution in [-0.4, -0.2) is 62.1 Å². The van der Waals surface area contributed by atoms with Crippen LogP contribution in [0.5, 0.6) is 0 Å². The maximum Gasteiger partial charge on any atom is 0.417 e. The predicted molar refractivity (Wildman–Crippen MR) is 153 cm³/mol. The first kappa shape index (κ1) is 30.4. The molecule has 1 aromatic carbocycles. The second-order valence-corrected chi connectivity index (χ2v) is 13.1. The Bertz CT molecular complexity index is 1600. The Hall–Kier alpha value is -3.06. The Labute approximate surface area is 249 Å². The first-order chi connectivity index (χ1) is 19.6. The number of amides is 1. The third-order valence-corrected chi connectivity index (χ3v) is 9.10. The van der Waals surface area contributed by atoms with E-state index >= 15 is 0 Å². The van der Waals surface area contributed by atoms with Crippen molar-refractivity contribution in [3.63, 3.8) is 0 Å². The van der Waals surface area contributed by atoms with Gasteiger partial charge in [0.25, 0.3) is 0 Å². The molecule has 1 amide bonds. The van der Waals surface area contributed by atoms with Crippen molar-refractivity contribution in [1.29, 1.82) is 0 Å². The molecule has 226 valence electrons. The summed E-state index contributed by atoms with van der Waals surface area (Å²) in [6.45, 7) is 9.29. The summed E-state index contributed by atoms with van der Waals surface area (Å²) in [7, 11) is 0. The molecule has 14 heteroatoms. The van der Waals surface area contributed by atoms with E-state index in [9.17, 15) is 27.2 Å². The summed E-state index contributed by atoms with van der Waals surface area (Å²) in [5.41, 5.74) is -1.93. The maximum absolute atomic E-state index is 14.7. The predicted octanol–water partition coefficient (Wildman–Crippen LogP) is 6.33. The number of piperazine rings is 1. The van der Waals surface area contributed by atoms with Crippen molar-refractivity contribution in [2.75, 3.05) is 23.7 Å². The summed E-state index contributed by atoms with van der Waals surface area (Å²) >= 11 is 7.44. The van der Waals surface area contributed by atoms with Crippen molar-refractivity contribution in [3.8, 4) is 0 Å². The fraction of sp³-hybridized carbons (Fsp3) is 0.500. The number of carbonyl (C=O) groups excluding carboxylic acids is 1. The van der Waals surface area contributed by atoms with Gasteiger partial charge < -0.3 is 9.64 Å². The summed E-state index contributed by atoms with van der Waals surface area (Å²) in [5, 5.41) is -0.410. The number of halogens is 5. The third kappa shape index (κ3) is 5.64. The fourth-order valence-electron chi connectivity index (χ4n) is 5.65. The van der Waals surface area contributed by atoms with Gasteiger partial charge >= 0.3 is 18.0 Å². The van der Waals surface area contributed by atoms with E-state index < -0.39 is 58.0 Å². The minimum absolute atomic E-state index is 0.00946. The molecule has 3 atom stereocenters. The number of aromatic nitrogens is 3. The van der Waals surface area contributed by atoms with Crippen LogP contribution in [0.25, 0.3) is 10.9 Å². The van der Waals surface area contributed by atoms with E-state index in [0.29, 0.717) is 5.56 Å². The maximum atomic E-state index is 14.7. The fourth-order valence-corrected chi connectivity index (χ4v) is 7.31. The summed E-state index contributed by atoms with van der Waals surface area (Å²) in [5.74, 6) is -0.875. The number of hydrogen-bond acceptors (Lipinski definition) is 7. The molecule has 1 fully saturated rings. The number of nitrogens with zero attached hydrogens (tertiary/aromatic N) is 5. The van der Waals surface area contributed by atoms with Gasteiger partial charge in [-0.3, -0.25) is 14.5 Å². The van der Waals surface area contributed by atoms with Crippen molar-refractivity contribution in [3.05, 3.63) is 57.0 Å². The monoisotopic (exact) mass is 627 g/mol. The lowest BCUT2D eigenvalue weighted by Gasteiger charge is -2.45. The van der Waals surface area contributed by atoms with Crippen LogP contribution in [0.1, 0.15) is 51.7 Å². The Balaban J connectivity index is 1.64. The highest BCUT2D eigenvalue weighted by Crippen LogP contribution is 2.47. The topological polar surface area (TPSA) is 80.6 Å². The second kappa shape index (κ2) is 10.9. The smallest absolute Gasteiger partial charge is 0.417 e. The van der Waals surface area contributed by atoms with Crippen LogP contribution in [0, 0.1) is 5.82 Å². The largest absolute Gasteiger partial charge is 0.444 e. The molecule has 2 unspecified atom stereocenters. The molecule has 1 saturated heterocycles. The van der Waals surface area contributed by atoms with Gasteiger partial charge in [0.1, 0.15) is 17.2 Å². The number of hydrogen-bond donors (Lipinski definition) is 0. The molecule has 0 N–H and O–H groups in total. The Morgan fingerprint density at radius 3 is 2.40 bits per heavy atom. The van der Waals surface area contributed by atoms with Gasteiger partial charge in [0.2, 0.25) is 0 Å². The molecule has 2 aliphatic rings. The normalized spacial score (nSPS) is 21.4. The van der Waals surface area contributed by atoms with Gasteiger partial charge in [-0.15, -0.1) is 11.8 Å². The highest BCUT2D eigenvalue weighted by molar-refractivity contribution is 7.99. The molecule has 0 aliphatic carbocycles. The van der Waals surface area contributed by atoms with E-state index in [4.69, 9.17) is 16.3 Å². The molecule has 42 heavy (non-hydrogen) atoms. The van der Waals surface area contributed by atoms with Gasteiger partial charge in [0, 0.05) is 42.9 Å². The molecule has 0 bridgehead atoms. The molecule has 2 aromatic heterocycles. The highest BCUT2D eigenvalue weighted by atomic mass is 35.5. The van der Waals surface area contributed by atoms with Crippen LogP contribution in [-0.2, 0) is 17.5 Å². The van der Waals surface area contributed by atoms with Gasteiger partial charge in [-0.1, -0.05) is 11.6 Å². The van der Waals surface area contributed by atoms with Crippen molar-refractivity contribution in [2.24, 2.45) is 0 Å². The summed E-state index contributed by atoms with van der Waals surface area (Å²) in [6, 6.07) is 1.63. The summed E-state index contributed by atoms with van der Waals surface area (Å²) in [4.78, 5) is 38.0. The van der Waals surface area contributed by atoms with E-state index in [0.717, 1.165) is 24.0 Å². The molecule has 5 rings (SSSR count). The molecule has 0 radical (unpaired) electrons. The van der Waals surface area contributed by atoms with E-state index in [1.807, 2.05) is 0 Å². The zero-order valence-corrected chi connectivity index (χ0v) is 25.2. The van der Waals surface area contributed by atoms with Gasteiger partial charge in [-0.2, -0.15) is 18.2 Å². The van der Waals surface area contributed by atoms with E-state index in [1.54, 1.807) is 44.4 Å². The lowest BCUT2D eigenvalue weighted by molar-refractivity contribution is -0.137. The quantitative estimate of drug-likeness (QED) is 0.307. The van der Waals surface area contributed by atoms with Crippen molar-refractivity contribution in [1.82, 2.24) is 19.4 Å². The average molecular weight is 628 g/mol. The summed E-state index contributed by atoms with van der Waals surface area (Å²) < 4.78 is 64.3. The Kier molecular flexibility index (Phi) is 7.88. The molecule has 8 nitrogen and oxygen atoms in total. The Morgan fingerprint density at radius 1 is 1.14 bits per heavy atom. The summed E-state index contributed by atoms with van der Waals surface area (Å²) in [6.07, 6.45) is -2.79. The number of rotatable bonds is 2. The molecule has 3 aromatic rings. The van der Waals surface area contributed by atoms with Crippen molar-refractivity contribution in [2.45, 2.75) is 75.8 Å². The van der Waals surface area contributed by atoms with Crippen molar-refractivity contribution >= 4 is 46.2 Å². The van der Waals surface area contributed by atoms with Gasteiger partial charge in [-0.05, 0) is 52.3 Å². The van der Waals surface area contributed by atoms with E-state index in [2.05, 4.69) is 9.97 Å². The highest BCUT2D eigenvalue weighted by Gasteiger charge is 2.40. The van der Waals surface area contributed by atoms with E-state index in [1.165, 1.54) is 16.8 Å². The lowest BCUT2D eigenvalue weighted by atomic mass is 10.0. The number of benzene rings is 1. The number of ether oxygens (including phenoxy) is 1. The minimum atomic E-state index is -4.78. The third-order valence-electron chi connectivity index (χ3n) is 7.34. The van der Waals surface area contributed by atoms with Gasteiger partial charge in [-0.25, -0.2) is 14.0 Å². The molecule has 0 saturated carbocycles. The zero-order chi connectivity index (χ0) is 30.7. The molecular weight excluding hydrogens is 598 g/mol. The molecule has 2 aliphatic heterocycles. The first-order valence-electron chi connectivity index (χ1n) is 13.4. The van der Waals surface area contributed by atoms with Crippen LogP contribution < -0.4 is 10.6 Å². The van der Waals surface area contributed by atoms with Crippen LogP contribution >= 0.6 is 23.4 Å². The number of pyridine rings is 1. The van der Waals surface area contributed by atoms with Crippen LogP contribution in [0.15, 0.2) is 34.2 Å². The first-order valence-corrected chi connectivity index (χ1v) is 14.8. The average Bonchev–Trinajstić information content (AvgIpc) is 3.07. The molecule has 4 heterocycles. The number of alkyl halides is 3. The minimum Gasteiger partial charge on any atom is -0.444 e. The molecule has 0 spiro atoms. The Morgan fingerprint density at radius 2 is 1.81 bits per heavy atom. The van der Waals surface area contributed by atoms with Gasteiger partial charge in [0.05, 0.1) is 39.3 Å².